The fraction of sp³-hybridized carbons (Fsp3) is 0.400. The first-order chi connectivity index (χ1) is 6.18. The highest BCUT2D eigenvalue weighted by Crippen LogP contribution is 2.30. The summed E-state index contributed by atoms with van der Waals surface area (Å²) < 4.78 is 26.1. The van der Waals surface area contributed by atoms with E-state index >= 15 is 0 Å². The van der Waals surface area contributed by atoms with E-state index < -0.39 is 11.6 Å². The molecule has 0 aliphatic heterocycles. The molecular weight excluding hydrogens is 172 g/mol. The molecule has 70 valence electrons. The highest BCUT2D eigenvalue weighted by atomic mass is 19.1. The SMILES string of the molecule is N[C@H]1CCCc2cc(F)cc(F)c21. The van der Waals surface area contributed by atoms with E-state index in [2.05, 4.69) is 0 Å². The van der Waals surface area contributed by atoms with Gasteiger partial charge in [0, 0.05) is 17.7 Å². The molecule has 0 unspecified atom stereocenters. The van der Waals surface area contributed by atoms with E-state index in [9.17, 15) is 8.78 Å². The van der Waals surface area contributed by atoms with Gasteiger partial charge in [-0.25, -0.2) is 8.78 Å². The summed E-state index contributed by atoms with van der Waals surface area (Å²) in [6, 6.07) is 2.03. The third kappa shape index (κ3) is 1.44. The van der Waals surface area contributed by atoms with Crippen molar-refractivity contribution in [2.45, 2.75) is 25.3 Å². The Hall–Kier alpha value is -0.960. The lowest BCUT2D eigenvalue weighted by atomic mass is 9.88. The monoisotopic (exact) mass is 183 g/mol. The Bertz CT molecular complexity index is 336. The first-order valence-electron chi connectivity index (χ1n) is 4.42. The Kier molecular flexibility index (Phi) is 2.04. The minimum Gasteiger partial charge on any atom is -0.324 e. The van der Waals surface area contributed by atoms with Crippen LogP contribution < -0.4 is 5.73 Å². The van der Waals surface area contributed by atoms with Gasteiger partial charge >= 0.3 is 0 Å². The van der Waals surface area contributed by atoms with Crippen molar-refractivity contribution in [3.63, 3.8) is 0 Å². The largest absolute Gasteiger partial charge is 0.324 e. The fourth-order valence-corrected chi connectivity index (χ4v) is 1.92. The van der Waals surface area contributed by atoms with Crippen molar-refractivity contribution in [1.29, 1.82) is 0 Å². The summed E-state index contributed by atoms with van der Waals surface area (Å²) in [7, 11) is 0. The molecule has 0 fully saturated rings. The van der Waals surface area contributed by atoms with Crippen LogP contribution in [0.3, 0.4) is 0 Å². The maximum absolute atomic E-state index is 13.3. The zero-order valence-corrected chi connectivity index (χ0v) is 7.19. The van der Waals surface area contributed by atoms with Crippen LogP contribution in [0.1, 0.15) is 30.0 Å². The Morgan fingerprint density at radius 1 is 1.31 bits per heavy atom. The van der Waals surface area contributed by atoms with Gasteiger partial charge in [0.15, 0.2) is 0 Å². The van der Waals surface area contributed by atoms with Crippen molar-refractivity contribution < 1.29 is 8.78 Å². The lowest BCUT2D eigenvalue weighted by Crippen LogP contribution is -2.19. The molecule has 0 amide bonds. The third-order valence-corrected chi connectivity index (χ3v) is 2.51. The Labute approximate surface area is 75.6 Å². The van der Waals surface area contributed by atoms with Crippen molar-refractivity contribution in [1.82, 2.24) is 0 Å². The number of aryl methyl sites for hydroxylation is 1. The van der Waals surface area contributed by atoms with Gasteiger partial charge < -0.3 is 5.73 Å². The second-order valence-electron chi connectivity index (χ2n) is 3.46. The van der Waals surface area contributed by atoms with Crippen LogP contribution in [0.4, 0.5) is 8.78 Å². The maximum Gasteiger partial charge on any atom is 0.131 e. The highest BCUT2D eigenvalue weighted by Gasteiger charge is 2.21. The quantitative estimate of drug-likeness (QED) is 0.656. The number of hydrogen-bond acceptors (Lipinski definition) is 1. The number of nitrogens with two attached hydrogens (primary N) is 1. The molecule has 0 heterocycles. The van der Waals surface area contributed by atoms with Crippen LogP contribution in [-0.2, 0) is 6.42 Å². The normalized spacial score (nSPS) is 21.3. The average Bonchev–Trinajstić information content (AvgIpc) is 2.02. The summed E-state index contributed by atoms with van der Waals surface area (Å²) in [6.45, 7) is 0. The van der Waals surface area contributed by atoms with E-state index in [0.717, 1.165) is 30.9 Å². The zero-order chi connectivity index (χ0) is 9.42. The van der Waals surface area contributed by atoms with Gasteiger partial charge in [-0.2, -0.15) is 0 Å². The van der Waals surface area contributed by atoms with Crippen molar-refractivity contribution in [2.75, 3.05) is 0 Å². The maximum atomic E-state index is 13.3. The van der Waals surface area contributed by atoms with Crippen LogP contribution in [0.5, 0.6) is 0 Å². The average molecular weight is 183 g/mol. The predicted molar refractivity (Wildman–Crippen MR) is 46.2 cm³/mol. The number of hydrogen-bond donors (Lipinski definition) is 1. The van der Waals surface area contributed by atoms with Gasteiger partial charge in [0.2, 0.25) is 0 Å². The van der Waals surface area contributed by atoms with Gasteiger partial charge in [-0.3, -0.25) is 0 Å². The molecular formula is C10H11F2N. The molecule has 0 saturated carbocycles. The number of halogens is 2. The zero-order valence-electron chi connectivity index (χ0n) is 7.19. The molecule has 3 heteroatoms. The van der Waals surface area contributed by atoms with Gasteiger partial charge in [0.05, 0.1) is 0 Å². The molecule has 0 spiro atoms. The fourth-order valence-electron chi connectivity index (χ4n) is 1.92. The minimum absolute atomic E-state index is 0.260. The van der Waals surface area contributed by atoms with E-state index in [4.69, 9.17) is 5.73 Å². The molecule has 1 aromatic carbocycles. The number of rotatable bonds is 0. The molecule has 1 nitrogen and oxygen atoms in total. The van der Waals surface area contributed by atoms with Gasteiger partial charge in [0.1, 0.15) is 11.6 Å². The molecule has 2 N–H and O–H groups in total. The second-order valence-corrected chi connectivity index (χ2v) is 3.46. The van der Waals surface area contributed by atoms with E-state index in [1.165, 1.54) is 6.07 Å². The van der Waals surface area contributed by atoms with Crippen molar-refractivity contribution >= 4 is 0 Å². The van der Waals surface area contributed by atoms with Crippen LogP contribution in [0.2, 0.25) is 0 Å². The molecule has 1 aromatic rings. The van der Waals surface area contributed by atoms with E-state index in [1.54, 1.807) is 0 Å². The molecule has 0 radical (unpaired) electrons. The van der Waals surface area contributed by atoms with Crippen LogP contribution in [0, 0.1) is 11.6 Å². The summed E-state index contributed by atoms with van der Waals surface area (Å²) in [6.07, 6.45) is 2.43. The van der Waals surface area contributed by atoms with Gasteiger partial charge in [0.25, 0.3) is 0 Å². The summed E-state index contributed by atoms with van der Waals surface area (Å²) in [5.41, 5.74) is 6.97. The lowest BCUT2D eigenvalue weighted by Gasteiger charge is -2.22. The van der Waals surface area contributed by atoms with Gasteiger partial charge in [-0.15, -0.1) is 0 Å². The van der Waals surface area contributed by atoms with Crippen LogP contribution in [0.15, 0.2) is 12.1 Å². The first-order valence-corrected chi connectivity index (χ1v) is 4.42. The minimum atomic E-state index is -0.509. The summed E-state index contributed by atoms with van der Waals surface area (Å²) in [4.78, 5) is 0. The lowest BCUT2D eigenvalue weighted by molar-refractivity contribution is 0.504. The Balaban J connectivity index is 2.56. The third-order valence-electron chi connectivity index (χ3n) is 2.51. The molecule has 13 heavy (non-hydrogen) atoms. The van der Waals surface area contributed by atoms with Crippen molar-refractivity contribution in [3.05, 3.63) is 34.9 Å². The smallest absolute Gasteiger partial charge is 0.131 e. The summed E-state index contributed by atoms with van der Waals surface area (Å²) in [5, 5.41) is 0. The van der Waals surface area contributed by atoms with Crippen molar-refractivity contribution in [3.8, 4) is 0 Å². The Morgan fingerprint density at radius 2 is 2.08 bits per heavy atom. The predicted octanol–water partition coefficient (Wildman–Crippen LogP) is 2.30. The van der Waals surface area contributed by atoms with Crippen LogP contribution >= 0.6 is 0 Å². The topological polar surface area (TPSA) is 26.0 Å². The Morgan fingerprint density at radius 3 is 2.85 bits per heavy atom. The van der Waals surface area contributed by atoms with Crippen LogP contribution in [0.25, 0.3) is 0 Å². The molecule has 1 aliphatic rings. The van der Waals surface area contributed by atoms with Gasteiger partial charge in [-0.05, 0) is 30.9 Å². The molecule has 0 bridgehead atoms. The second kappa shape index (κ2) is 3.07. The number of fused-ring (bicyclic) bond motifs is 1. The molecule has 1 atom stereocenters. The molecule has 1 aliphatic carbocycles. The van der Waals surface area contributed by atoms with Crippen molar-refractivity contribution in [2.24, 2.45) is 5.73 Å². The number of benzene rings is 1. The first kappa shape index (κ1) is 8.63. The summed E-state index contributed by atoms with van der Waals surface area (Å²) >= 11 is 0. The van der Waals surface area contributed by atoms with E-state index in [0.29, 0.717) is 5.56 Å². The molecule has 0 aromatic heterocycles. The molecule has 2 rings (SSSR count). The summed E-state index contributed by atoms with van der Waals surface area (Å²) in [5.74, 6) is -1.01. The van der Waals surface area contributed by atoms with Gasteiger partial charge in [-0.1, -0.05) is 0 Å². The highest BCUT2D eigenvalue weighted by molar-refractivity contribution is 5.33. The van der Waals surface area contributed by atoms with Crippen LogP contribution in [-0.4, -0.2) is 0 Å². The molecule has 0 saturated heterocycles. The van der Waals surface area contributed by atoms with E-state index in [-0.39, 0.29) is 6.04 Å². The standard InChI is InChI=1S/C10H11F2N/c11-7-4-6-2-1-3-9(13)10(6)8(12)5-7/h4-5,9H,1-3,13H2/t9-/m0/s1. The van der Waals surface area contributed by atoms with E-state index in [1.807, 2.05) is 0 Å².